The second-order valence-electron chi connectivity index (χ2n) is 6.29. The molecule has 0 aliphatic heterocycles. The molecule has 7 nitrogen and oxygen atoms in total. The van der Waals surface area contributed by atoms with E-state index < -0.39 is 11.8 Å². The number of halogens is 2. The van der Waals surface area contributed by atoms with Crippen LogP contribution in [-0.2, 0) is 6.54 Å². The maximum atomic E-state index is 13.7. The van der Waals surface area contributed by atoms with Crippen molar-refractivity contribution in [1.29, 1.82) is 0 Å². The van der Waals surface area contributed by atoms with Crippen molar-refractivity contribution in [3.63, 3.8) is 0 Å². The van der Waals surface area contributed by atoms with E-state index in [-0.39, 0.29) is 12.1 Å². The minimum absolute atomic E-state index is 0.0569. The lowest BCUT2D eigenvalue weighted by atomic mass is 10.1. The minimum atomic E-state index is -1.10. The van der Waals surface area contributed by atoms with Crippen LogP contribution in [0, 0.1) is 5.82 Å². The number of carbonyl (C=O) groups is 1. The van der Waals surface area contributed by atoms with Gasteiger partial charge in [0.05, 0.1) is 42.3 Å². The number of nitrogens with zero attached hydrogens (tertiary/aromatic N) is 4. The van der Waals surface area contributed by atoms with Gasteiger partial charge in [0.2, 0.25) is 0 Å². The van der Waals surface area contributed by atoms with Crippen molar-refractivity contribution in [2.75, 3.05) is 7.11 Å². The number of rotatable bonds is 5. The standard InChI is InChI=1S/C20H14ClFN4O3/c1-29-16-6-11(5-14(22)8-16)18-3-2-15(24-25-18)10-26-19-12(9-23-26)4-13(21)7-17(19)20(27)28/h2-9H,10H2,1H3,(H,27,28). The minimum Gasteiger partial charge on any atom is -0.497 e. The summed E-state index contributed by atoms with van der Waals surface area (Å²) >= 11 is 5.99. The van der Waals surface area contributed by atoms with Gasteiger partial charge in [-0.3, -0.25) is 4.68 Å². The van der Waals surface area contributed by atoms with Crippen molar-refractivity contribution in [3.8, 4) is 17.0 Å². The van der Waals surface area contributed by atoms with E-state index in [4.69, 9.17) is 16.3 Å². The number of benzene rings is 2. The van der Waals surface area contributed by atoms with Crippen molar-refractivity contribution in [2.24, 2.45) is 0 Å². The van der Waals surface area contributed by atoms with Crippen LogP contribution in [0.1, 0.15) is 16.1 Å². The van der Waals surface area contributed by atoms with Gasteiger partial charge in [-0.2, -0.15) is 15.3 Å². The zero-order valence-electron chi connectivity index (χ0n) is 15.1. The SMILES string of the molecule is COc1cc(F)cc(-c2ccc(Cn3ncc4cc(Cl)cc(C(=O)O)c43)nn2)c1. The molecule has 0 spiro atoms. The third-order valence-electron chi connectivity index (χ3n) is 4.36. The molecular formula is C20H14ClFN4O3. The van der Waals surface area contributed by atoms with Gasteiger partial charge < -0.3 is 9.84 Å². The van der Waals surface area contributed by atoms with E-state index >= 15 is 0 Å². The number of aromatic carboxylic acids is 1. The number of carboxylic acids is 1. The molecule has 0 saturated heterocycles. The molecule has 2 aromatic carbocycles. The largest absolute Gasteiger partial charge is 0.497 e. The Morgan fingerprint density at radius 1 is 1.21 bits per heavy atom. The fourth-order valence-electron chi connectivity index (χ4n) is 3.06. The van der Waals surface area contributed by atoms with E-state index in [9.17, 15) is 14.3 Å². The highest BCUT2D eigenvalue weighted by Gasteiger charge is 2.16. The monoisotopic (exact) mass is 412 g/mol. The number of ether oxygens (including phenoxy) is 1. The van der Waals surface area contributed by atoms with E-state index in [1.807, 2.05) is 0 Å². The smallest absolute Gasteiger partial charge is 0.337 e. The second kappa shape index (κ2) is 7.48. The molecule has 0 fully saturated rings. The van der Waals surface area contributed by atoms with E-state index in [2.05, 4.69) is 15.3 Å². The Kier molecular flexibility index (Phi) is 4.85. The first kappa shape index (κ1) is 18.8. The third kappa shape index (κ3) is 3.74. The number of hydrogen-bond acceptors (Lipinski definition) is 5. The summed E-state index contributed by atoms with van der Waals surface area (Å²) in [6.45, 7) is 0.213. The molecule has 0 unspecified atom stereocenters. The third-order valence-corrected chi connectivity index (χ3v) is 4.58. The Bertz CT molecular complexity index is 1220. The van der Waals surface area contributed by atoms with Crippen molar-refractivity contribution in [3.05, 3.63) is 70.8 Å². The van der Waals surface area contributed by atoms with E-state index in [1.54, 1.807) is 30.5 Å². The highest BCUT2D eigenvalue weighted by atomic mass is 35.5. The zero-order valence-corrected chi connectivity index (χ0v) is 15.9. The molecule has 4 rings (SSSR count). The molecule has 0 aliphatic carbocycles. The van der Waals surface area contributed by atoms with Crippen LogP contribution in [0.3, 0.4) is 0 Å². The lowest BCUT2D eigenvalue weighted by Gasteiger charge is -2.07. The van der Waals surface area contributed by atoms with Crippen molar-refractivity contribution >= 4 is 28.5 Å². The van der Waals surface area contributed by atoms with Crippen LogP contribution in [0.2, 0.25) is 5.02 Å². The molecule has 29 heavy (non-hydrogen) atoms. The number of aromatic nitrogens is 4. The Labute approximate surface area is 169 Å². The Morgan fingerprint density at radius 2 is 2.03 bits per heavy atom. The second-order valence-corrected chi connectivity index (χ2v) is 6.72. The van der Waals surface area contributed by atoms with Crippen LogP contribution in [0.4, 0.5) is 4.39 Å². The van der Waals surface area contributed by atoms with Crippen LogP contribution in [-0.4, -0.2) is 38.2 Å². The molecule has 0 radical (unpaired) electrons. The average Bonchev–Trinajstić information content (AvgIpc) is 3.09. The first-order chi connectivity index (χ1) is 13.9. The van der Waals surface area contributed by atoms with Crippen LogP contribution in [0.25, 0.3) is 22.2 Å². The fraction of sp³-hybridized carbons (Fsp3) is 0.100. The van der Waals surface area contributed by atoms with Gasteiger partial charge >= 0.3 is 5.97 Å². The van der Waals surface area contributed by atoms with Gasteiger partial charge in [-0.05, 0) is 36.4 Å². The van der Waals surface area contributed by atoms with Gasteiger partial charge in [0.25, 0.3) is 0 Å². The summed E-state index contributed by atoms with van der Waals surface area (Å²) in [5, 5.41) is 23.0. The first-order valence-electron chi connectivity index (χ1n) is 8.50. The predicted octanol–water partition coefficient (Wildman–Crippen LogP) is 4.04. The van der Waals surface area contributed by atoms with Gasteiger partial charge in [-0.1, -0.05) is 11.6 Å². The van der Waals surface area contributed by atoms with Crippen LogP contribution in [0.15, 0.2) is 48.7 Å². The molecule has 0 atom stereocenters. The highest BCUT2D eigenvalue weighted by molar-refractivity contribution is 6.32. The van der Waals surface area contributed by atoms with Gasteiger partial charge in [-0.25, -0.2) is 9.18 Å². The summed E-state index contributed by atoms with van der Waals surface area (Å²) < 4.78 is 20.3. The zero-order chi connectivity index (χ0) is 20.5. The molecule has 146 valence electrons. The van der Waals surface area contributed by atoms with Gasteiger partial charge in [0.1, 0.15) is 11.6 Å². The Morgan fingerprint density at radius 3 is 2.72 bits per heavy atom. The van der Waals surface area contributed by atoms with Crippen LogP contribution >= 0.6 is 11.6 Å². The predicted molar refractivity (Wildman–Crippen MR) is 105 cm³/mol. The van der Waals surface area contributed by atoms with Gasteiger partial charge in [0, 0.05) is 22.0 Å². The average molecular weight is 413 g/mol. The molecule has 2 heterocycles. The fourth-order valence-corrected chi connectivity index (χ4v) is 3.29. The highest BCUT2D eigenvalue weighted by Crippen LogP contribution is 2.26. The number of hydrogen-bond donors (Lipinski definition) is 1. The first-order valence-corrected chi connectivity index (χ1v) is 8.88. The van der Waals surface area contributed by atoms with Crippen LogP contribution < -0.4 is 4.74 Å². The summed E-state index contributed by atoms with van der Waals surface area (Å²) in [6.07, 6.45) is 1.55. The molecule has 4 aromatic rings. The number of fused-ring (bicyclic) bond motifs is 1. The topological polar surface area (TPSA) is 90.1 Å². The quantitative estimate of drug-likeness (QED) is 0.532. The molecule has 2 aromatic heterocycles. The van der Waals surface area contributed by atoms with Gasteiger partial charge in [-0.15, -0.1) is 0 Å². The molecule has 0 aliphatic rings. The van der Waals surface area contributed by atoms with E-state index in [1.165, 1.54) is 30.0 Å². The van der Waals surface area contributed by atoms with Crippen molar-refractivity contribution in [2.45, 2.75) is 6.54 Å². The summed E-state index contributed by atoms with van der Waals surface area (Å²) in [5.41, 5.74) is 2.08. The van der Waals surface area contributed by atoms with E-state index in [0.29, 0.717) is 38.6 Å². The summed E-state index contributed by atoms with van der Waals surface area (Å²) in [4.78, 5) is 11.6. The molecule has 0 amide bonds. The van der Waals surface area contributed by atoms with Crippen molar-refractivity contribution in [1.82, 2.24) is 20.0 Å². The van der Waals surface area contributed by atoms with Gasteiger partial charge in [0.15, 0.2) is 0 Å². The molecule has 9 heteroatoms. The lowest BCUT2D eigenvalue weighted by Crippen LogP contribution is -2.08. The molecule has 1 N–H and O–H groups in total. The Hall–Kier alpha value is -3.52. The number of carboxylic acid groups (broad SMARTS) is 1. The molecule has 0 bridgehead atoms. The lowest BCUT2D eigenvalue weighted by molar-refractivity contribution is 0.0698. The summed E-state index contributed by atoms with van der Waals surface area (Å²) in [5.74, 6) is -1.15. The Balaban J connectivity index is 1.66. The maximum absolute atomic E-state index is 13.7. The molecule has 0 saturated carbocycles. The van der Waals surface area contributed by atoms with Crippen molar-refractivity contribution < 1.29 is 19.0 Å². The summed E-state index contributed by atoms with van der Waals surface area (Å²) in [7, 11) is 1.46. The summed E-state index contributed by atoms with van der Waals surface area (Å²) in [6, 6.07) is 10.8. The van der Waals surface area contributed by atoms with E-state index in [0.717, 1.165) is 0 Å². The number of methoxy groups -OCH3 is 1. The van der Waals surface area contributed by atoms with Crippen LogP contribution in [0.5, 0.6) is 5.75 Å². The maximum Gasteiger partial charge on any atom is 0.337 e. The molecular weight excluding hydrogens is 399 g/mol. The normalized spacial score (nSPS) is 11.0.